The van der Waals surface area contributed by atoms with Gasteiger partial charge in [0.2, 0.25) is 0 Å². The molecular formula is C19H20N2O3. The number of nitrogens with one attached hydrogen (secondary N) is 1. The lowest BCUT2D eigenvalue weighted by atomic mass is 10.0. The average molecular weight is 324 g/mol. The first-order valence-corrected chi connectivity index (χ1v) is 7.92. The van der Waals surface area contributed by atoms with Crippen molar-refractivity contribution in [1.82, 2.24) is 5.43 Å². The van der Waals surface area contributed by atoms with Crippen LogP contribution in [0, 0.1) is 13.8 Å². The summed E-state index contributed by atoms with van der Waals surface area (Å²) < 4.78 is 11.2. The molecule has 2 aromatic rings. The summed E-state index contributed by atoms with van der Waals surface area (Å²) in [5, 5.41) is 4.26. The fourth-order valence-electron chi connectivity index (χ4n) is 2.60. The highest BCUT2D eigenvalue weighted by molar-refractivity contribution is 6.04. The molecule has 0 bridgehead atoms. The number of fused-ring (bicyclic) bond motifs is 1. The molecule has 5 nitrogen and oxygen atoms in total. The molecule has 1 amide bonds. The van der Waals surface area contributed by atoms with E-state index in [9.17, 15) is 4.79 Å². The van der Waals surface area contributed by atoms with Crippen LogP contribution in [0.15, 0.2) is 47.6 Å². The van der Waals surface area contributed by atoms with Crippen molar-refractivity contribution in [3.8, 4) is 11.5 Å². The molecule has 2 aromatic carbocycles. The number of carbonyl (C=O) groups excluding carboxylic acids is 1. The molecule has 0 radical (unpaired) electrons. The third-order valence-corrected chi connectivity index (χ3v) is 3.88. The van der Waals surface area contributed by atoms with Gasteiger partial charge in [-0.3, -0.25) is 4.79 Å². The van der Waals surface area contributed by atoms with Gasteiger partial charge in [-0.05, 0) is 37.1 Å². The molecule has 0 aliphatic carbocycles. The minimum atomic E-state index is -0.286. The first-order chi connectivity index (χ1) is 11.6. The SMILES string of the molecule is Cc1ccccc1OCC(=O)N/N=C1/CCOc2c(C)cccc21. The number of nitrogens with zero attached hydrogens (tertiary/aromatic N) is 1. The Morgan fingerprint density at radius 2 is 1.96 bits per heavy atom. The molecule has 0 saturated heterocycles. The Morgan fingerprint density at radius 3 is 2.79 bits per heavy atom. The predicted molar refractivity (Wildman–Crippen MR) is 92.6 cm³/mol. The molecular weight excluding hydrogens is 304 g/mol. The molecule has 0 spiro atoms. The summed E-state index contributed by atoms with van der Waals surface area (Å²) in [6.45, 7) is 4.43. The monoisotopic (exact) mass is 324 g/mol. The molecule has 0 saturated carbocycles. The molecule has 1 heterocycles. The van der Waals surface area contributed by atoms with Crippen LogP contribution in [0.5, 0.6) is 11.5 Å². The fourth-order valence-corrected chi connectivity index (χ4v) is 2.60. The summed E-state index contributed by atoms with van der Waals surface area (Å²) >= 11 is 0. The van der Waals surface area contributed by atoms with E-state index in [2.05, 4.69) is 10.5 Å². The fraction of sp³-hybridized carbons (Fsp3) is 0.263. The number of aryl methyl sites for hydroxylation is 2. The van der Waals surface area contributed by atoms with Crippen LogP contribution in [-0.2, 0) is 4.79 Å². The van der Waals surface area contributed by atoms with Crippen molar-refractivity contribution in [1.29, 1.82) is 0 Å². The quantitative estimate of drug-likeness (QED) is 0.880. The molecule has 0 unspecified atom stereocenters. The van der Waals surface area contributed by atoms with Crippen LogP contribution in [0.1, 0.15) is 23.1 Å². The number of hydrogen-bond acceptors (Lipinski definition) is 4. The second kappa shape index (κ2) is 7.17. The third kappa shape index (κ3) is 3.56. The summed E-state index contributed by atoms with van der Waals surface area (Å²) in [4.78, 5) is 12.0. The minimum absolute atomic E-state index is 0.0706. The second-order valence-corrected chi connectivity index (χ2v) is 5.70. The molecule has 0 fully saturated rings. The highest BCUT2D eigenvalue weighted by atomic mass is 16.5. The molecule has 1 aliphatic rings. The van der Waals surface area contributed by atoms with Crippen molar-refractivity contribution in [2.24, 2.45) is 5.10 Å². The van der Waals surface area contributed by atoms with Gasteiger partial charge >= 0.3 is 0 Å². The molecule has 0 aromatic heterocycles. The predicted octanol–water partition coefficient (Wildman–Crippen LogP) is 2.99. The maximum Gasteiger partial charge on any atom is 0.277 e. The summed E-state index contributed by atoms with van der Waals surface area (Å²) in [6.07, 6.45) is 0.662. The Labute approximate surface area is 141 Å². The van der Waals surface area contributed by atoms with Crippen molar-refractivity contribution < 1.29 is 14.3 Å². The lowest BCUT2D eigenvalue weighted by Gasteiger charge is -2.20. The third-order valence-electron chi connectivity index (χ3n) is 3.88. The Hall–Kier alpha value is -2.82. The van der Waals surface area contributed by atoms with Crippen molar-refractivity contribution >= 4 is 11.6 Å². The molecule has 1 N–H and O–H groups in total. The van der Waals surface area contributed by atoms with E-state index in [1.54, 1.807) is 0 Å². The van der Waals surface area contributed by atoms with Gasteiger partial charge in [-0.1, -0.05) is 30.3 Å². The zero-order chi connectivity index (χ0) is 16.9. The van der Waals surface area contributed by atoms with Gasteiger partial charge in [0.05, 0.1) is 12.3 Å². The van der Waals surface area contributed by atoms with E-state index in [1.807, 2.05) is 56.3 Å². The molecule has 1 aliphatic heterocycles. The van der Waals surface area contributed by atoms with Gasteiger partial charge in [-0.2, -0.15) is 5.10 Å². The van der Waals surface area contributed by atoms with Gasteiger partial charge in [-0.25, -0.2) is 5.43 Å². The lowest BCUT2D eigenvalue weighted by molar-refractivity contribution is -0.123. The number of benzene rings is 2. The zero-order valence-corrected chi connectivity index (χ0v) is 13.8. The van der Waals surface area contributed by atoms with Gasteiger partial charge in [0.15, 0.2) is 6.61 Å². The van der Waals surface area contributed by atoms with E-state index in [4.69, 9.17) is 9.47 Å². The topological polar surface area (TPSA) is 59.9 Å². The van der Waals surface area contributed by atoms with Gasteiger partial charge in [0.25, 0.3) is 5.91 Å². The minimum Gasteiger partial charge on any atom is -0.492 e. The normalized spacial score (nSPS) is 14.7. The van der Waals surface area contributed by atoms with E-state index >= 15 is 0 Å². The van der Waals surface area contributed by atoms with Crippen LogP contribution in [0.2, 0.25) is 0 Å². The van der Waals surface area contributed by atoms with Crippen molar-refractivity contribution in [3.63, 3.8) is 0 Å². The lowest BCUT2D eigenvalue weighted by Crippen LogP contribution is -2.27. The number of ether oxygens (including phenoxy) is 2. The Kier molecular flexibility index (Phi) is 4.79. The maximum absolute atomic E-state index is 12.0. The highest BCUT2D eigenvalue weighted by Gasteiger charge is 2.18. The van der Waals surface area contributed by atoms with Crippen molar-refractivity contribution in [3.05, 3.63) is 59.2 Å². The van der Waals surface area contributed by atoms with Crippen molar-refractivity contribution in [2.45, 2.75) is 20.3 Å². The van der Waals surface area contributed by atoms with Gasteiger partial charge in [0, 0.05) is 12.0 Å². The summed E-state index contributed by atoms with van der Waals surface area (Å²) in [6, 6.07) is 13.5. The Morgan fingerprint density at radius 1 is 1.17 bits per heavy atom. The molecule has 124 valence electrons. The van der Waals surface area contributed by atoms with Crippen LogP contribution in [0.3, 0.4) is 0 Å². The van der Waals surface area contributed by atoms with E-state index in [0.29, 0.717) is 18.8 Å². The maximum atomic E-state index is 12.0. The van der Waals surface area contributed by atoms with Gasteiger partial charge < -0.3 is 9.47 Å². The number of hydrogen-bond donors (Lipinski definition) is 1. The number of carbonyl (C=O) groups is 1. The van der Waals surface area contributed by atoms with Crippen LogP contribution in [0.25, 0.3) is 0 Å². The summed E-state index contributed by atoms with van der Waals surface area (Å²) in [5.74, 6) is 1.26. The number of hydrazone groups is 1. The number of amides is 1. The van der Waals surface area contributed by atoms with Gasteiger partial charge in [-0.15, -0.1) is 0 Å². The van der Waals surface area contributed by atoms with Crippen LogP contribution < -0.4 is 14.9 Å². The first-order valence-electron chi connectivity index (χ1n) is 7.92. The Balaban J connectivity index is 1.63. The molecule has 5 heteroatoms. The van der Waals surface area contributed by atoms with E-state index in [-0.39, 0.29) is 12.5 Å². The smallest absolute Gasteiger partial charge is 0.277 e. The number of para-hydroxylation sites is 2. The van der Waals surface area contributed by atoms with E-state index in [1.165, 1.54) is 0 Å². The standard InChI is InChI=1S/C19H20N2O3/c1-13-6-3-4-9-17(13)24-12-18(22)21-20-16-10-11-23-19-14(2)7-5-8-15(16)19/h3-9H,10-12H2,1-2H3,(H,21,22)/b20-16-. The van der Waals surface area contributed by atoms with Crippen LogP contribution >= 0.6 is 0 Å². The van der Waals surface area contributed by atoms with E-state index < -0.39 is 0 Å². The van der Waals surface area contributed by atoms with Crippen LogP contribution in [0.4, 0.5) is 0 Å². The molecule has 3 rings (SSSR count). The second-order valence-electron chi connectivity index (χ2n) is 5.70. The Bertz CT molecular complexity index is 784. The molecule has 24 heavy (non-hydrogen) atoms. The van der Waals surface area contributed by atoms with E-state index in [0.717, 1.165) is 28.2 Å². The highest BCUT2D eigenvalue weighted by Crippen LogP contribution is 2.28. The van der Waals surface area contributed by atoms with Gasteiger partial charge in [0.1, 0.15) is 11.5 Å². The van der Waals surface area contributed by atoms with Crippen molar-refractivity contribution in [2.75, 3.05) is 13.2 Å². The van der Waals surface area contributed by atoms with Crippen LogP contribution in [-0.4, -0.2) is 24.8 Å². The zero-order valence-electron chi connectivity index (χ0n) is 13.8. The molecule has 0 atom stereocenters. The summed E-state index contributed by atoms with van der Waals surface area (Å²) in [5.41, 5.74) is 6.38. The average Bonchev–Trinajstić information content (AvgIpc) is 2.60. The summed E-state index contributed by atoms with van der Waals surface area (Å²) in [7, 11) is 0. The number of rotatable bonds is 4. The first kappa shape index (κ1) is 16.1. The largest absolute Gasteiger partial charge is 0.492 e.